The summed E-state index contributed by atoms with van der Waals surface area (Å²) < 4.78 is 12.5. The number of carbonyl (C=O) groups is 1. The maximum absolute atomic E-state index is 12.6. The third kappa shape index (κ3) is 6.30. The van der Waals surface area contributed by atoms with Crippen molar-refractivity contribution in [3.8, 4) is 11.5 Å². The molecule has 1 N–H and O–H groups in total. The van der Waals surface area contributed by atoms with Crippen LogP contribution in [0.4, 0.5) is 5.69 Å². The van der Waals surface area contributed by atoms with E-state index in [0.29, 0.717) is 34.6 Å². The van der Waals surface area contributed by atoms with Crippen LogP contribution in [0.15, 0.2) is 65.2 Å². The van der Waals surface area contributed by atoms with Gasteiger partial charge in [0.05, 0.1) is 31.4 Å². The summed E-state index contributed by atoms with van der Waals surface area (Å²) in [6, 6.07) is 13.6. The number of methoxy groups -OCH3 is 2. The lowest BCUT2D eigenvalue weighted by Crippen LogP contribution is -2.15. The summed E-state index contributed by atoms with van der Waals surface area (Å²) in [6.45, 7) is 6.48. The van der Waals surface area contributed by atoms with E-state index in [0.717, 1.165) is 5.82 Å². The lowest BCUT2D eigenvalue weighted by molar-refractivity contribution is -0.113. The fourth-order valence-corrected chi connectivity index (χ4v) is 4.46. The highest BCUT2D eigenvalue weighted by Crippen LogP contribution is 2.29. The van der Waals surface area contributed by atoms with E-state index in [2.05, 4.69) is 53.3 Å². The number of carbonyl (C=O) groups excluding carboxylic acids is 1. The zero-order valence-corrected chi connectivity index (χ0v) is 20.0. The molecule has 0 bridgehead atoms. The van der Waals surface area contributed by atoms with Gasteiger partial charge in [-0.25, -0.2) is 0 Å². The monoisotopic (exact) mass is 470 g/mol. The van der Waals surface area contributed by atoms with E-state index in [1.807, 2.05) is 4.57 Å². The summed E-state index contributed by atoms with van der Waals surface area (Å²) in [5.74, 6) is 2.72. The number of rotatable bonds is 11. The van der Waals surface area contributed by atoms with Gasteiger partial charge in [0, 0.05) is 17.5 Å². The Bertz CT molecular complexity index is 1070. The fraction of sp³-hybridized carbons (Fsp3) is 0.261. The number of allylic oxidation sites excluding steroid dienone is 1. The van der Waals surface area contributed by atoms with E-state index in [9.17, 15) is 4.79 Å². The van der Waals surface area contributed by atoms with Crippen LogP contribution in [0.5, 0.6) is 11.5 Å². The average Bonchev–Trinajstić information content (AvgIpc) is 3.19. The molecule has 168 valence electrons. The van der Waals surface area contributed by atoms with E-state index in [1.54, 1.807) is 50.3 Å². The van der Waals surface area contributed by atoms with Crippen LogP contribution in [0.3, 0.4) is 0 Å². The van der Waals surface area contributed by atoms with E-state index in [4.69, 9.17) is 9.47 Å². The van der Waals surface area contributed by atoms with Crippen molar-refractivity contribution in [2.24, 2.45) is 0 Å². The number of anilines is 1. The van der Waals surface area contributed by atoms with Crippen LogP contribution in [0.1, 0.15) is 11.4 Å². The Balaban J connectivity index is 1.63. The second-order valence-electron chi connectivity index (χ2n) is 6.80. The summed E-state index contributed by atoms with van der Waals surface area (Å²) in [4.78, 5) is 13.7. The van der Waals surface area contributed by atoms with Crippen molar-refractivity contribution in [3.05, 3.63) is 66.5 Å². The molecule has 0 unspecified atom stereocenters. The first-order valence-corrected chi connectivity index (χ1v) is 11.9. The summed E-state index contributed by atoms with van der Waals surface area (Å²) in [5.41, 5.74) is 1.79. The maximum atomic E-state index is 12.6. The zero-order valence-electron chi connectivity index (χ0n) is 18.3. The smallest absolute Gasteiger partial charge is 0.234 e. The first-order chi connectivity index (χ1) is 15.5. The standard InChI is InChI=1S/C23H26N4O3S2/c1-5-12-27-21(14-31-18-9-6-16(2)7-10-18)25-26-23(27)32-15-22(28)24-19-13-17(29-3)8-11-20(19)30-4/h5-11,13H,1,12,14-15H2,2-4H3,(H,24,28). The summed E-state index contributed by atoms with van der Waals surface area (Å²) in [5, 5.41) is 12.2. The van der Waals surface area contributed by atoms with Crippen molar-refractivity contribution in [1.29, 1.82) is 0 Å². The number of hydrogen-bond donors (Lipinski definition) is 1. The first kappa shape index (κ1) is 23.7. The molecule has 0 aliphatic heterocycles. The molecule has 0 fully saturated rings. The van der Waals surface area contributed by atoms with Crippen LogP contribution in [0.25, 0.3) is 0 Å². The molecule has 0 spiro atoms. The predicted molar refractivity (Wildman–Crippen MR) is 130 cm³/mol. The molecule has 1 aromatic heterocycles. The van der Waals surface area contributed by atoms with Gasteiger partial charge in [-0.15, -0.1) is 28.5 Å². The van der Waals surface area contributed by atoms with Gasteiger partial charge in [0.1, 0.15) is 17.3 Å². The number of aryl methyl sites for hydroxylation is 1. The molecule has 32 heavy (non-hydrogen) atoms. The van der Waals surface area contributed by atoms with E-state index >= 15 is 0 Å². The second-order valence-corrected chi connectivity index (χ2v) is 8.79. The topological polar surface area (TPSA) is 78.3 Å². The van der Waals surface area contributed by atoms with Crippen molar-refractivity contribution in [2.75, 3.05) is 25.3 Å². The lowest BCUT2D eigenvalue weighted by Gasteiger charge is -2.12. The van der Waals surface area contributed by atoms with Crippen LogP contribution in [0, 0.1) is 6.92 Å². The number of thioether (sulfide) groups is 2. The molecule has 0 saturated heterocycles. The predicted octanol–water partition coefficient (Wildman–Crippen LogP) is 4.81. The highest BCUT2D eigenvalue weighted by molar-refractivity contribution is 7.99. The summed E-state index contributed by atoms with van der Waals surface area (Å²) in [7, 11) is 3.13. The third-order valence-electron chi connectivity index (χ3n) is 4.51. The molecule has 1 heterocycles. The lowest BCUT2D eigenvalue weighted by atomic mass is 10.2. The number of hydrogen-bond acceptors (Lipinski definition) is 7. The van der Waals surface area contributed by atoms with Crippen molar-refractivity contribution in [1.82, 2.24) is 14.8 Å². The number of ether oxygens (including phenoxy) is 2. The Kier molecular flexibility index (Phi) is 8.64. The van der Waals surface area contributed by atoms with Gasteiger partial charge < -0.3 is 19.4 Å². The molecule has 9 heteroatoms. The Morgan fingerprint density at radius 2 is 1.91 bits per heavy atom. The number of benzene rings is 2. The molecular formula is C23H26N4O3S2. The highest BCUT2D eigenvalue weighted by Gasteiger charge is 2.15. The van der Waals surface area contributed by atoms with Gasteiger partial charge in [0.15, 0.2) is 5.16 Å². The van der Waals surface area contributed by atoms with Crippen molar-refractivity contribution < 1.29 is 14.3 Å². The van der Waals surface area contributed by atoms with Gasteiger partial charge in [-0.2, -0.15) is 0 Å². The van der Waals surface area contributed by atoms with Gasteiger partial charge in [0.2, 0.25) is 5.91 Å². The average molecular weight is 471 g/mol. The summed E-state index contributed by atoms with van der Waals surface area (Å²) in [6.07, 6.45) is 1.80. The number of nitrogens with one attached hydrogen (secondary N) is 1. The molecule has 0 saturated carbocycles. The van der Waals surface area contributed by atoms with Gasteiger partial charge in [0.25, 0.3) is 0 Å². The maximum Gasteiger partial charge on any atom is 0.234 e. The zero-order chi connectivity index (χ0) is 22.9. The van der Waals surface area contributed by atoms with E-state index in [-0.39, 0.29) is 11.7 Å². The SMILES string of the molecule is C=CCn1c(CSc2ccc(C)cc2)nnc1SCC(=O)Nc1cc(OC)ccc1OC. The van der Waals surface area contributed by atoms with Gasteiger partial charge in [-0.05, 0) is 31.2 Å². The minimum Gasteiger partial charge on any atom is -0.497 e. The van der Waals surface area contributed by atoms with Crippen molar-refractivity contribution >= 4 is 35.1 Å². The van der Waals surface area contributed by atoms with Crippen molar-refractivity contribution in [3.63, 3.8) is 0 Å². The Morgan fingerprint density at radius 1 is 1.12 bits per heavy atom. The Labute approximate surface area is 196 Å². The highest BCUT2D eigenvalue weighted by atomic mass is 32.2. The van der Waals surface area contributed by atoms with Crippen LogP contribution >= 0.6 is 23.5 Å². The Morgan fingerprint density at radius 3 is 2.59 bits per heavy atom. The number of aromatic nitrogens is 3. The quantitative estimate of drug-likeness (QED) is 0.318. The van der Waals surface area contributed by atoms with Crippen molar-refractivity contribution in [2.45, 2.75) is 29.3 Å². The molecule has 3 aromatic rings. The van der Waals surface area contributed by atoms with Crippen LogP contribution in [-0.2, 0) is 17.1 Å². The fourth-order valence-electron chi connectivity index (χ4n) is 2.86. The van der Waals surface area contributed by atoms with E-state index in [1.165, 1.54) is 22.2 Å². The molecule has 2 aromatic carbocycles. The van der Waals surface area contributed by atoms with E-state index < -0.39 is 0 Å². The minimum absolute atomic E-state index is 0.176. The molecule has 0 aliphatic rings. The van der Waals surface area contributed by atoms with Gasteiger partial charge in [-0.3, -0.25) is 4.79 Å². The van der Waals surface area contributed by atoms with Gasteiger partial charge >= 0.3 is 0 Å². The first-order valence-electron chi connectivity index (χ1n) is 9.91. The molecule has 3 rings (SSSR count). The second kappa shape index (κ2) is 11.6. The molecule has 0 radical (unpaired) electrons. The minimum atomic E-state index is -0.176. The van der Waals surface area contributed by atoms with Crippen LogP contribution in [0.2, 0.25) is 0 Å². The van der Waals surface area contributed by atoms with Gasteiger partial charge in [-0.1, -0.05) is 35.5 Å². The third-order valence-corrected chi connectivity index (χ3v) is 6.48. The molecule has 0 atom stereocenters. The van der Waals surface area contributed by atoms with Crippen LogP contribution < -0.4 is 14.8 Å². The molecule has 1 amide bonds. The number of nitrogens with zero attached hydrogens (tertiary/aromatic N) is 3. The Hall–Kier alpha value is -2.91. The molecule has 7 nitrogen and oxygen atoms in total. The molecular weight excluding hydrogens is 444 g/mol. The largest absolute Gasteiger partial charge is 0.497 e. The number of amides is 1. The normalized spacial score (nSPS) is 10.6. The van der Waals surface area contributed by atoms with Crippen LogP contribution in [-0.4, -0.2) is 40.6 Å². The summed E-state index contributed by atoms with van der Waals surface area (Å²) >= 11 is 3.03. The molecule has 0 aliphatic carbocycles.